The maximum atomic E-state index is 14.3. The highest BCUT2D eigenvalue weighted by molar-refractivity contribution is 6.32. The van der Waals surface area contributed by atoms with Crippen molar-refractivity contribution in [2.75, 3.05) is 0 Å². The molecule has 0 N–H and O–H groups in total. The molecule has 0 heterocycles. The van der Waals surface area contributed by atoms with E-state index >= 15 is 0 Å². The van der Waals surface area contributed by atoms with Crippen molar-refractivity contribution in [2.24, 2.45) is 11.8 Å². The molecule has 0 amide bonds. The van der Waals surface area contributed by atoms with Gasteiger partial charge in [0.2, 0.25) is 0 Å². The number of halogens is 6. The summed E-state index contributed by atoms with van der Waals surface area (Å²) >= 11 is 5.78. The Bertz CT molecular complexity index is 632. The second kappa shape index (κ2) is 8.75. The summed E-state index contributed by atoms with van der Waals surface area (Å²) in [5.41, 5.74) is 0. The molecule has 1 aromatic rings. The van der Waals surface area contributed by atoms with Crippen molar-refractivity contribution in [1.82, 2.24) is 0 Å². The van der Waals surface area contributed by atoms with Gasteiger partial charge in [-0.15, -0.1) is 6.58 Å². The maximum Gasteiger partial charge on any atom is 0.400 e. The van der Waals surface area contributed by atoms with Gasteiger partial charge in [-0.2, -0.15) is 8.78 Å². The standard InChI is InChI=1S/C18H18ClF5O2/c1-2-11-3-5-12(6-4-11)18(23,24)26-13-9-14(19)17(15(20)10-13)25-8-7-16(21)22/h2,7-12,16H,1,3-6H2/b8-7+. The Morgan fingerprint density at radius 2 is 1.85 bits per heavy atom. The summed E-state index contributed by atoms with van der Waals surface area (Å²) < 4.78 is 76.1. The Morgan fingerprint density at radius 1 is 1.19 bits per heavy atom. The normalized spacial score (nSPS) is 21.2. The van der Waals surface area contributed by atoms with Crippen LogP contribution in [0.1, 0.15) is 25.7 Å². The minimum Gasteiger partial charge on any atom is -0.460 e. The molecule has 1 aromatic carbocycles. The SMILES string of the molecule is C=CC1CCC(C(F)(F)Oc2cc(F)c(O/C=C/C(F)F)c(Cl)c2)CC1. The first-order valence-electron chi connectivity index (χ1n) is 8.03. The van der Waals surface area contributed by atoms with Crippen LogP contribution < -0.4 is 9.47 Å². The first-order chi connectivity index (χ1) is 12.2. The van der Waals surface area contributed by atoms with E-state index in [0.717, 1.165) is 6.07 Å². The average Bonchev–Trinajstić information content (AvgIpc) is 2.56. The molecular weight excluding hydrogens is 379 g/mol. The van der Waals surface area contributed by atoms with Crippen LogP contribution in [0.4, 0.5) is 22.0 Å². The van der Waals surface area contributed by atoms with Gasteiger partial charge < -0.3 is 9.47 Å². The number of hydrogen-bond acceptors (Lipinski definition) is 2. The molecule has 0 aromatic heterocycles. The Balaban J connectivity index is 2.08. The molecule has 0 atom stereocenters. The van der Waals surface area contributed by atoms with E-state index in [1.807, 2.05) is 0 Å². The van der Waals surface area contributed by atoms with Gasteiger partial charge in [-0.3, -0.25) is 0 Å². The summed E-state index contributed by atoms with van der Waals surface area (Å²) in [6.07, 6.45) is -1.85. The van der Waals surface area contributed by atoms with Crippen LogP contribution in [0.3, 0.4) is 0 Å². The molecule has 1 saturated carbocycles. The lowest BCUT2D eigenvalue weighted by Gasteiger charge is -2.32. The molecule has 0 radical (unpaired) electrons. The molecular formula is C18H18ClF5O2. The quantitative estimate of drug-likeness (QED) is 0.293. The van der Waals surface area contributed by atoms with Gasteiger partial charge >= 0.3 is 6.11 Å². The molecule has 0 spiro atoms. The van der Waals surface area contributed by atoms with E-state index in [9.17, 15) is 22.0 Å². The van der Waals surface area contributed by atoms with Crippen LogP contribution in [0.25, 0.3) is 0 Å². The van der Waals surface area contributed by atoms with Crippen molar-refractivity contribution in [1.29, 1.82) is 0 Å². The summed E-state index contributed by atoms with van der Waals surface area (Å²) in [6, 6.07) is 1.64. The Hall–Kier alpha value is -1.76. The van der Waals surface area contributed by atoms with Gasteiger partial charge in [0.15, 0.2) is 11.6 Å². The van der Waals surface area contributed by atoms with Gasteiger partial charge in [0.05, 0.1) is 17.2 Å². The van der Waals surface area contributed by atoms with E-state index in [-0.39, 0.29) is 23.8 Å². The molecule has 26 heavy (non-hydrogen) atoms. The lowest BCUT2D eigenvalue weighted by molar-refractivity contribution is -0.223. The molecule has 2 rings (SSSR count). The molecule has 144 valence electrons. The molecule has 1 aliphatic rings. The molecule has 0 unspecified atom stereocenters. The van der Waals surface area contributed by atoms with Crippen molar-refractivity contribution in [2.45, 2.75) is 38.2 Å². The summed E-state index contributed by atoms with van der Waals surface area (Å²) in [7, 11) is 0. The zero-order valence-corrected chi connectivity index (χ0v) is 14.5. The van der Waals surface area contributed by atoms with Gasteiger partial charge in [-0.25, -0.2) is 13.2 Å². The van der Waals surface area contributed by atoms with E-state index < -0.39 is 35.8 Å². The third-order valence-corrected chi connectivity index (χ3v) is 4.50. The van der Waals surface area contributed by atoms with E-state index in [1.165, 1.54) is 0 Å². The number of rotatable bonds is 7. The van der Waals surface area contributed by atoms with E-state index in [1.54, 1.807) is 6.08 Å². The van der Waals surface area contributed by atoms with Crippen LogP contribution in [-0.2, 0) is 0 Å². The van der Waals surface area contributed by atoms with E-state index in [4.69, 9.17) is 16.3 Å². The lowest BCUT2D eigenvalue weighted by Crippen LogP contribution is -2.37. The largest absolute Gasteiger partial charge is 0.460 e. The molecule has 0 aliphatic heterocycles. The third-order valence-electron chi connectivity index (χ3n) is 4.22. The summed E-state index contributed by atoms with van der Waals surface area (Å²) in [5, 5.41) is -0.370. The van der Waals surface area contributed by atoms with Gasteiger partial charge in [0.1, 0.15) is 5.75 Å². The fourth-order valence-electron chi connectivity index (χ4n) is 2.81. The number of hydrogen-bond donors (Lipinski definition) is 0. The van der Waals surface area contributed by atoms with Gasteiger partial charge in [0.25, 0.3) is 6.43 Å². The molecule has 1 aliphatic carbocycles. The first kappa shape index (κ1) is 20.6. The van der Waals surface area contributed by atoms with E-state index in [0.29, 0.717) is 31.2 Å². The second-order valence-corrected chi connectivity index (χ2v) is 6.42. The monoisotopic (exact) mass is 396 g/mol. The molecule has 1 fully saturated rings. The second-order valence-electron chi connectivity index (χ2n) is 6.01. The Kier molecular flexibility index (Phi) is 6.92. The van der Waals surface area contributed by atoms with E-state index in [2.05, 4.69) is 11.3 Å². The van der Waals surface area contributed by atoms with Crippen LogP contribution in [-0.4, -0.2) is 12.5 Å². The summed E-state index contributed by atoms with van der Waals surface area (Å²) in [5.74, 6) is -2.89. The predicted molar refractivity (Wildman–Crippen MR) is 88.4 cm³/mol. The van der Waals surface area contributed by atoms with Crippen LogP contribution in [0, 0.1) is 17.7 Å². The summed E-state index contributed by atoms with van der Waals surface area (Å²) in [6.45, 7) is 3.66. The number of allylic oxidation sites excluding steroid dienone is 2. The fourth-order valence-corrected chi connectivity index (χ4v) is 3.05. The Labute approximate surface area is 153 Å². The van der Waals surface area contributed by atoms with Crippen molar-refractivity contribution >= 4 is 11.6 Å². The average molecular weight is 397 g/mol. The van der Waals surface area contributed by atoms with Crippen LogP contribution in [0.2, 0.25) is 5.02 Å². The lowest BCUT2D eigenvalue weighted by atomic mass is 9.81. The zero-order valence-electron chi connectivity index (χ0n) is 13.7. The van der Waals surface area contributed by atoms with Gasteiger partial charge in [-0.1, -0.05) is 17.7 Å². The first-order valence-corrected chi connectivity index (χ1v) is 8.40. The Morgan fingerprint density at radius 3 is 2.38 bits per heavy atom. The molecule has 0 bridgehead atoms. The van der Waals surface area contributed by atoms with Gasteiger partial charge in [-0.05, 0) is 31.6 Å². The predicted octanol–water partition coefficient (Wildman–Crippen LogP) is 6.60. The smallest absolute Gasteiger partial charge is 0.400 e. The molecule has 8 heteroatoms. The van der Waals surface area contributed by atoms with Crippen LogP contribution in [0.15, 0.2) is 37.1 Å². The third kappa shape index (κ3) is 5.37. The molecule has 0 saturated heterocycles. The van der Waals surface area contributed by atoms with Crippen LogP contribution in [0.5, 0.6) is 11.5 Å². The number of benzene rings is 1. The van der Waals surface area contributed by atoms with Crippen molar-refractivity contribution < 1.29 is 31.4 Å². The topological polar surface area (TPSA) is 18.5 Å². The number of ether oxygens (including phenoxy) is 2. The van der Waals surface area contributed by atoms with Crippen LogP contribution >= 0.6 is 11.6 Å². The maximum absolute atomic E-state index is 14.3. The minimum atomic E-state index is -3.49. The highest BCUT2D eigenvalue weighted by atomic mass is 35.5. The zero-order chi connectivity index (χ0) is 19.3. The van der Waals surface area contributed by atoms with Crippen molar-refractivity contribution in [3.05, 3.63) is 48.0 Å². The highest BCUT2D eigenvalue weighted by Gasteiger charge is 2.43. The van der Waals surface area contributed by atoms with Gasteiger partial charge in [0, 0.05) is 18.2 Å². The van der Waals surface area contributed by atoms with Crippen molar-refractivity contribution in [3.8, 4) is 11.5 Å². The van der Waals surface area contributed by atoms with Crippen molar-refractivity contribution in [3.63, 3.8) is 0 Å². The minimum absolute atomic E-state index is 0.215. The summed E-state index contributed by atoms with van der Waals surface area (Å²) in [4.78, 5) is 0. The molecule has 2 nitrogen and oxygen atoms in total. The highest BCUT2D eigenvalue weighted by Crippen LogP contribution is 2.41. The fraction of sp³-hybridized carbons (Fsp3) is 0.444. The number of alkyl halides is 4.